The third kappa shape index (κ3) is 1.49. The highest BCUT2D eigenvalue weighted by molar-refractivity contribution is 5.69. The first-order valence-electron chi connectivity index (χ1n) is 4.47. The molecule has 1 aromatic heterocycles. The maximum absolute atomic E-state index is 9.60. The normalized spacial score (nSPS) is 10.4. The molecule has 0 bridgehead atoms. The minimum atomic E-state index is 0.287. The minimum Gasteiger partial charge on any atom is -0.507 e. The summed E-state index contributed by atoms with van der Waals surface area (Å²) < 4.78 is 0. The molecule has 0 unspecified atom stereocenters. The molecule has 0 amide bonds. The van der Waals surface area contributed by atoms with Crippen molar-refractivity contribution in [3.05, 3.63) is 42.2 Å². The number of nitrogens with two attached hydrogens (primary N) is 1. The molecule has 0 aliphatic carbocycles. The molecule has 14 heavy (non-hydrogen) atoms. The van der Waals surface area contributed by atoms with Crippen molar-refractivity contribution in [1.29, 1.82) is 0 Å². The van der Waals surface area contributed by atoms with Crippen molar-refractivity contribution in [3.63, 3.8) is 0 Å². The first kappa shape index (κ1) is 8.84. The second-order valence-electron chi connectivity index (χ2n) is 3.13. The second-order valence-corrected chi connectivity index (χ2v) is 3.13. The summed E-state index contributed by atoms with van der Waals surface area (Å²) in [4.78, 5) is 3.05. The van der Waals surface area contributed by atoms with Crippen LogP contribution in [-0.4, -0.2) is 10.1 Å². The van der Waals surface area contributed by atoms with Gasteiger partial charge < -0.3 is 15.8 Å². The molecule has 2 rings (SSSR count). The highest BCUT2D eigenvalue weighted by Crippen LogP contribution is 2.28. The molecule has 0 aliphatic heterocycles. The Bertz CT molecular complexity index is 434. The van der Waals surface area contributed by atoms with Crippen LogP contribution in [0.3, 0.4) is 0 Å². The van der Waals surface area contributed by atoms with Crippen LogP contribution >= 0.6 is 0 Å². The van der Waals surface area contributed by atoms with E-state index in [-0.39, 0.29) is 5.75 Å². The fraction of sp³-hybridized carbons (Fsp3) is 0.0909. The predicted molar refractivity (Wildman–Crippen MR) is 55.8 cm³/mol. The lowest BCUT2D eigenvalue weighted by molar-refractivity contribution is 0.477. The number of phenols is 1. The summed E-state index contributed by atoms with van der Waals surface area (Å²) >= 11 is 0. The molecular formula is C11H12N2O. The highest BCUT2D eigenvalue weighted by Gasteiger charge is 2.04. The van der Waals surface area contributed by atoms with Gasteiger partial charge in [0.25, 0.3) is 0 Å². The van der Waals surface area contributed by atoms with E-state index in [9.17, 15) is 5.11 Å². The number of aromatic nitrogens is 1. The Morgan fingerprint density at radius 3 is 2.71 bits per heavy atom. The number of aromatic amines is 1. The summed E-state index contributed by atoms with van der Waals surface area (Å²) in [7, 11) is 0. The Kier molecular flexibility index (Phi) is 2.24. The fourth-order valence-corrected chi connectivity index (χ4v) is 1.43. The molecule has 0 atom stereocenters. The van der Waals surface area contributed by atoms with Crippen molar-refractivity contribution >= 4 is 0 Å². The van der Waals surface area contributed by atoms with Crippen LogP contribution in [-0.2, 0) is 6.54 Å². The molecule has 3 heteroatoms. The van der Waals surface area contributed by atoms with E-state index >= 15 is 0 Å². The van der Waals surface area contributed by atoms with E-state index in [0.717, 1.165) is 16.8 Å². The predicted octanol–water partition coefficient (Wildman–Crippen LogP) is 1.85. The lowest BCUT2D eigenvalue weighted by Gasteiger charge is -1.99. The molecule has 0 spiro atoms. The van der Waals surface area contributed by atoms with Gasteiger partial charge in [-0.25, -0.2) is 0 Å². The van der Waals surface area contributed by atoms with Gasteiger partial charge in [0.2, 0.25) is 0 Å². The van der Waals surface area contributed by atoms with Crippen LogP contribution in [0.2, 0.25) is 0 Å². The van der Waals surface area contributed by atoms with E-state index in [1.807, 2.05) is 24.4 Å². The van der Waals surface area contributed by atoms with Gasteiger partial charge in [0.1, 0.15) is 5.75 Å². The van der Waals surface area contributed by atoms with Crippen LogP contribution in [0, 0.1) is 0 Å². The summed E-state index contributed by atoms with van der Waals surface area (Å²) in [6, 6.07) is 9.18. The number of hydrogen-bond donors (Lipinski definition) is 3. The fourth-order valence-electron chi connectivity index (χ4n) is 1.43. The average Bonchev–Trinajstić information content (AvgIpc) is 2.67. The van der Waals surface area contributed by atoms with Crippen LogP contribution in [0.1, 0.15) is 5.69 Å². The van der Waals surface area contributed by atoms with E-state index in [4.69, 9.17) is 5.73 Å². The molecule has 0 fully saturated rings. The molecule has 2 aromatic rings. The zero-order valence-corrected chi connectivity index (χ0v) is 7.70. The number of rotatable bonds is 2. The van der Waals surface area contributed by atoms with Crippen LogP contribution in [0.4, 0.5) is 0 Å². The topological polar surface area (TPSA) is 62.0 Å². The first-order valence-corrected chi connectivity index (χ1v) is 4.47. The molecular weight excluding hydrogens is 176 g/mol. The number of phenolic OH excluding ortho intramolecular Hbond substituents is 1. The van der Waals surface area contributed by atoms with E-state index in [2.05, 4.69) is 4.98 Å². The summed E-state index contributed by atoms with van der Waals surface area (Å²) in [5.74, 6) is 0.287. The quantitative estimate of drug-likeness (QED) is 0.673. The Balaban J connectivity index is 2.44. The van der Waals surface area contributed by atoms with Gasteiger partial charge in [-0.3, -0.25) is 0 Å². The van der Waals surface area contributed by atoms with Crippen LogP contribution in [0.25, 0.3) is 11.1 Å². The summed E-state index contributed by atoms with van der Waals surface area (Å²) in [6.07, 6.45) is 1.84. The van der Waals surface area contributed by atoms with Crippen molar-refractivity contribution in [1.82, 2.24) is 4.98 Å². The summed E-state index contributed by atoms with van der Waals surface area (Å²) in [5, 5.41) is 9.60. The second kappa shape index (κ2) is 3.55. The summed E-state index contributed by atoms with van der Waals surface area (Å²) in [5.41, 5.74) is 8.23. The maximum Gasteiger partial charge on any atom is 0.123 e. The molecule has 1 aromatic carbocycles. The minimum absolute atomic E-state index is 0.287. The van der Waals surface area contributed by atoms with Crippen molar-refractivity contribution in [2.24, 2.45) is 5.73 Å². The third-order valence-electron chi connectivity index (χ3n) is 2.18. The Hall–Kier alpha value is -1.74. The maximum atomic E-state index is 9.60. The van der Waals surface area contributed by atoms with Gasteiger partial charge >= 0.3 is 0 Å². The zero-order valence-electron chi connectivity index (χ0n) is 7.70. The number of hydrogen-bond acceptors (Lipinski definition) is 2. The number of nitrogens with one attached hydrogen (secondary N) is 1. The van der Waals surface area contributed by atoms with Gasteiger partial charge in [0.05, 0.1) is 0 Å². The van der Waals surface area contributed by atoms with Crippen molar-refractivity contribution in [3.8, 4) is 16.9 Å². The SMILES string of the molecule is NCc1cc(-c2ccccc2O)c[nH]1. The van der Waals surface area contributed by atoms with Crippen molar-refractivity contribution < 1.29 is 5.11 Å². The van der Waals surface area contributed by atoms with E-state index in [0.29, 0.717) is 6.54 Å². The molecule has 0 saturated heterocycles. The van der Waals surface area contributed by atoms with Gasteiger partial charge in [0.15, 0.2) is 0 Å². The summed E-state index contributed by atoms with van der Waals surface area (Å²) in [6.45, 7) is 0.480. The van der Waals surface area contributed by atoms with Crippen molar-refractivity contribution in [2.45, 2.75) is 6.54 Å². The Labute approximate surface area is 82.2 Å². The molecule has 72 valence electrons. The molecule has 1 heterocycles. The molecule has 0 saturated carbocycles. The molecule has 3 nitrogen and oxygen atoms in total. The van der Waals surface area contributed by atoms with E-state index < -0.39 is 0 Å². The van der Waals surface area contributed by atoms with E-state index in [1.165, 1.54) is 0 Å². The van der Waals surface area contributed by atoms with Gasteiger partial charge in [-0.1, -0.05) is 18.2 Å². The highest BCUT2D eigenvalue weighted by atomic mass is 16.3. The monoisotopic (exact) mass is 188 g/mol. The molecule has 0 radical (unpaired) electrons. The van der Waals surface area contributed by atoms with Gasteiger partial charge in [0, 0.05) is 29.6 Å². The molecule has 0 aliphatic rings. The van der Waals surface area contributed by atoms with Crippen molar-refractivity contribution in [2.75, 3.05) is 0 Å². The van der Waals surface area contributed by atoms with Crippen LogP contribution in [0.5, 0.6) is 5.75 Å². The third-order valence-corrected chi connectivity index (χ3v) is 2.18. The van der Waals surface area contributed by atoms with Gasteiger partial charge in [-0.15, -0.1) is 0 Å². The Morgan fingerprint density at radius 1 is 1.29 bits per heavy atom. The lowest BCUT2D eigenvalue weighted by Crippen LogP contribution is -1.94. The average molecular weight is 188 g/mol. The first-order chi connectivity index (χ1) is 6.81. The number of benzene rings is 1. The number of H-pyrrole nitrogens is 1. The standard InChI is InChI=1S/C11H12N2O/c12-6-9-5-8(7-13-9)10-3-1-2-4-11(10)14/h1-5,7,13-14H,6,12H2. The largest absolute Gasteiger partial charge is 0.507 e. The number of para-hydroxylation sites is 1. The van der Waals surface area contributed by atoms with E-state index in [1.54, 1.807) is 12.1 Å². The Morgan fingerprint density at radius 2 is 2.07 bits per heavy atom. The molecule has 4 N–H and O–H groups in total. The van der Waals surface area contributed by atoms with Gasteiger partial charge in [-0.2, -0.15) is 0 Å². The van der Waals surface area contributed by atoms with Crippen LogP contribution in [0.15, 0.2) is 36.5 Å². The zero-order chi connectivity index (χ0) is 9.97. The van der Waals surface area contributed by atoms with Crippen LogP contribution < -0.4 is 5.73 Å². The number of aromatic hydroxyl groups is 1. The van der Waals surface area contributed by atoms with Gasteiger partial charge in [-0.05, 0) is 12.1 Å². The smallest absolute Gasteiger partial charge is 0.123 e. The lowest BCUT2D eigenvalue weighted by atomic mass is 10.1.